The van der Waals surface area contributed by atoms with Crippen LogP contribution in [0.2, 0.25) is 0 Å². The van der Waals surface area contributed by atoms with E-state index >= 15 is 0 Å². The number of amides is 1. The lowest BCUT2D eigenvalue weighted by Crippen LogP contribution is -2.26. The van der Waals surface area contributed by atoms with Crippen LogP contribution in [0, 0.1) is 22.7 Å². The SMILES string of the molecule is CN(Cc1ccccc1)C(=O)c1cccc(NC=C(C#N)C#N)c1. The molecular weight excluding hydrogens is 300 g/mol. The van der Waals surface area contributed by atoms with Crippen LogP contribution in [0.3, 0.4) is 0 Å². The molecule has 0 atom stereocenters. The van der Waals surface area contributed by atoms with Gasteiger partial charge in [0.05, 0.1) is 0 Å². The minimum absolute atomic E-state index is 0.0343. The van der Waals surface area contributed by atoms with Gasteiger partial charge in [-0.25, -0.2) is 0 Å². The van der Waals surface area contributed by atoms with Crippen molar-refractivity contribution in [3.63, 3.8) is 0 Å². The van der Waals surface area contributed by atoms with Gasteiger partial charge in [-0.2, -0.15) is 10.5 Å². The topological polar surface area (TPSA) is 79.9 Å². The highest BCUT2D eigenvalue weighted by molar-refractivity contribution is 5.95. The molecule has 0 radical (unpaired) electrons. The van der Waals surface area contributed by atoms with Gasteiger partial charge in [0.2, 0.25) is 0 Å². The van der Waals surface area contributed by atoms with Crippen LogP contribution >= 0.6 is 0 Å². The van der Waals surface area contributed by atoms with Crippen molar-refractivity contribution in [3.8, 4) is 12.1 Å². The van der Waals surface area contributed by atoms with Gasteiger partial charge in [0.15, 0.2) is 0 Å². The van der Waals surface area contributed by atoms with Crippen LogP contribution in [0.1, 0.15) is 15.9 Å². The summed E-state index contributed by atoms with van der Waals surface area (Å²) in [5, 5.41) is 20.3. The minimum atomic E-state index is -0.104. The standard InChI is InChI=1S/C19H16N4O/c1-23(14-15-6-3-2-4-7-15)19(24)17-8-5-9-18(10-17)22-13-16(11-20)12-21/h2-10,13,22H,14H2,1H3. The molecule has 0 spiro atoms. The fraction of sp³-hybridized carbons (Fsp3) is 0.105. The van der Waals surface area contributed by atoms with Gasteiger partial charge in [0, 0.05) is 31.0 Å². The van der Waals surface area contributed by atoms with Crippen LogP contribution in [0.25, 0.3) is 0 Å². The number of carbonyl (C=O) groups is 1. The van der Waals surface area contributed by atoms with Crippen molar-refractivity contribution < 1.29 is 4.79 Å². The van der Waals surface area contributed by atoms with E-state index in [0.717, 1.165) is 5.56 Å². The van der Waals surface area contributed by atoms with Crippen LogP contribution < -0.4 is 5.32 Å². The van der Waals surface area contributed by atoms with Crippen molar-refractivity contribution >= 4 is 11.6 Å². The number of anilines is 1. The zero-order valence-electron chi connectivity index (χ0n) is 13.2. The first-order chi connectivity index (χ1) is 11.6. The third-order valence-electron chi connectivity index (χ3n) is 3.34. The second kappa shape index (κ2) is 8.17. The smallest absolute Gasteiger partial charge is 0.253 e. The van der Waals surface area contributed by atoms with Gasteiger partial charge < -0.3 is 10.2 Å². The normalized spacial score (nSPS) is 9.29. The Morgan fingerprint density at radius 1 is 1.12 bits per heavy atom. The molecule has 0 aliphatic carbocycles. The Bertz CT molecular complexity index is 812. The number of nitriles is 2. The highest BCUT2D eigenvalue weighted by Gasteiger charge is 2.12. The van der Waals surface area contributed by atoms with E-state index in [4.69, 9.17) is 10.5 Å². The van der Waals surface area contributed by atoms with Gasteiger partial charge in [-0.15, -0.1) is 0 Å². The van der Waals surface area contributed by atoms with E-state index in [0.29, 0.717) is 17.8 Å². The summed E-state index contributed by atoms with van der Waals surface area (Å²) in [6.07, 6.45) is 1.32. The Morgan fingerprint density at radius 2 is 1.83 bits per heavy atom. The van der Waals surface area contributed by atoms with E-state index in [1.807, 2.05) is 30.3 Å². The first-order valence-corrected chi connectivity index (χ1v) is 7.30. The van der Waals surface area contributed by atoms with Gasteiger partial charge >= 0.3 is 0 Å². The molecule has 0 heterocycles. The van der Waals surface area contributed by atoms with Crippen molar-refractivity contribution in [2.75, 3.05) is 12.4 Å². The molecule has 1 N–H and O–H groups in total. The van der Waals surface area contributed by atoms with Crippen LogP contribution in [-0.4, -0.2) is 17.9 Å². The van der Waals surface area contributed by atoms with Crippen LogP contribution in [0.5, 0.6) is 0 Å². The van der Waals surface area contributed by atoms with Crippen molar-refractivity contribution in [1.29, 1.82) is 10.5 Å². The fourth-order valence-electron chi connectivity index (χ4n) is 2.14. The molecule has 118 valence electrons. The monoisotopic (exact) mass is 316 g/mol. The number of hydrogen-bond donors (Lipinski definition) is 1. The lowest BCUT2D eigenvalue weighted by Gasteiger charge is -2.17. The second-order valence-corrected chi connectivity index (χ2v) is 5.15. The summed E-state index contributed by atoms with van der Waals surface area (Å²) >= 11 is 0. The molecule has 1 amide bonds. The zero-order chi connectivity index (χ0) is 17.4. The molecule has 24 heavy (non-hydrogen) atoms. The first-order valence-electron chi connectivity index (χ1n) is 7.30. The predicted molar refractivity (Wildman–Crippen MR) is 91.6 cm³/mol. The average Bonchev–Trinajstić information content (AvgIpc) is 2.63. The summed E-state index contributed by atoms with van der Waals surface area (Å²) in [6, 6.07) is 20.2. The number of hydrogen-bond acceptors (Lipinski definition) is 4. The summed E-state index contributed by atoms with van der Waals surface area (Å²) in [6.45, 7) is 0.518. The lowest BCUT2D eigenvalue weighted by molar-refractivity contribution is 0.0785. The molecule has 5 heteroatoms. The van der Waals surface area contributed by atoms with Gasteiger partial charge in [0.25, 0.3) is 5.91 Å². The number of benzene rings is 2. The summed E-state index contributed by atoms with van der Waals surface area (Å²) in [7, 11) is 1.75. The lowest BCUT2D eigenvalue weighted by atomic mass is 10.1. The fourth-order valence-corrected chi connectivity index (χ4v) is 2.14. The maximum atomic E-state index is 12.5. The van der Waals surface area contributed by atoms with Crippen molar-refractivity contribution in [2.24, 2.45) is 0 Å². The molecular formula is C19H16N4O. The van der Waals surface area contributed by atoms with E-state index in [-0.39, 0.29) is 11.5 Å². The van der Waals surface area contributed by atoms with Crippen molar-refractivity contribution in [1.82, 2.24) is 4.90 Å². The molecule has 0 aliphatic heterocycles. The van der Waals surface area contributed by atoms with Crippen LogP contribution in [-0.2, 0) is 6.54 Å². The first kappa shape index (κ1) is 16.8. The molecule has 0 aliphatic rings. The van der Waals surface area contributed by atoms with Crippen molar-refractivity contribution in [2.45, 2.75) is 6.54 Å². The Balaban J connectivity index is 2.10. The molecule has 0 bridgehead atoms. The van der Waals surface area contributed by atoms with E-state index in [9.17, 15) is 4.79 Å². The largest absolute Gasteiger partial charge is 0.360 e. The highest BCUT2D eigenvalue weighted by Crippen LogP contribution is 2.14. The molecule has 2 aromatic rings. The Labute approximate surface area is 141 Å². The second-order valence-electron chi connectivity index (χ2n) is 5.15. The number of rotatable bonds is 5. The molecule has 2 aromatic carbocycles. The zero-order valence-corrected chi connectivity index (χ0v) is 13.2. The van der Waals surface area contributed by atoms with Gasteiger partial charge in [0.1, 0.15) is 17.7 Å². The average molecular weight is 316 g/mol. The highest BCUT2D eigenvalue weighted by atomic mass is 16.2. The summed E-state index contributed by atoms with van der Waals surface area (Å²) in [4.78, 5) is 14.2. The number of nitrogens with one attached hydrogen (secondary N) is 1. The Kier molecular flexibility index (Phi) is 5.71. The third-order valence-corrected chi connectivity index (χ3v) is 3.34. The minimum Gasteiger partial charge on any atom is -0.360 e. The number of nitrogens with zero attached hydrogens (tertiary/aromatic N) is 3. The van der Waals surface area contributed by atoms with Crippen LogP contribution in [0.4, 0.5) is 5.69 Å². The number of allylic oxidation sites excluding steroid dienone is 1. The Hall–Kier alpha value is -3.57. The summed E-state index contributed by atoms with van der Waals surface area (Å²) in [5.74, 6) is -0.104. The van der Waals surface area contributed by atoms with Crippen LogP contribution in [0.15, 0.2) is 66.4 Å². The molecule has 0 saturated carbocycles. The molecule has 0 saturated heterocycles. The quantitative estimate of drug-likeness (QED) is 0.858. The van der Waals surface area contributed by atoms with E-state index < -0.39 is 0 Å². The van der Waals surface area contributed by atoms with Gasteiger partial charge in [-0.3, -0.25) is 4.79 Å². The molecule has 0 fully saturated rings. The van der Waals surface area contributed by atoms with Gasteiger partial charge in [-0.1, -0.05) is 36.4 Å². The van der Waals surface area contributed by atoms with E-state index in [2.05, 4.69) is 5.32 Å². The van der Waals surface area contributed by atoms with Gasteiger partial charge in [-0.05, 0) is 23.8 Å². The predicted octanol–water partition coefficient (Wildman–Crippen LogP) is 3.30. The molecule has 2 rings (SSSR count). The molecule has 0 aromatic heterocycles. The number of carbonyl (C=O) groups excluding carboxylic acids is 1. The summed E-state index contributed by atoms with van der Waals surface area (Å²) < 4.78 is 0. The molecule has 0 unspecified atom stereocenters. The van der Waals surface area contributed by atoms with E-state index in [1.54, 1.807) is 48.4 Å². The maximum Gasteiger partial charge on any atom is 0.253 e. The van der Waals surface area contributed by atoms with Crippen molar-refractivity contribution in [3.05, 3.63) is 77.5 Å². The summed E-state index contributed by atoms with van der Waals surface area (Å²) in [5.41, 5.74) is 2.19. The van der Waals surface area contributed by atoms with E-state index in [1.165, 1.54) is 6.20 Å². The molecule has 5 nitrogen and oxygen atoms in total. The Morgan fingerprint density at radius 3 is 2.50 bits per heavy atom. The third kappa shape index (κ3) is 4.46. The maximum absolute atomic E-state index is 12.5.